The summed E-state index contributed by atoms with van der Waals surface area (Å²) in [7, 11) is 0. The zero-order valence-corrected chi connectivity index (χ0v) is 20.0. The molecule has 0 aromatic heterocycles. The Hall–Kier alpha value is -3.36. The van der Waals surface area contributed by atoms with E-state index in [9.17, 15) is 28.8 Å². The number of benzene rings is 1. The number of rotatable bonds is 12. The quantitative estimate of drug-likeness (QED) is 0.356. The van der Waals surface area contributed by atoms with E-state index >= 15 is 0 Å². The molecule has 34 heavy (non-hydrogen) atoms. The van der Waals surface area contributed by atoms with Crippen LogP contribution in [0.1, 0.15) is 64.9 Å². The molecule has 1 saturated heterocycles. The molecule has 9 nitrogen and oxygen atoms in total. The molecule has 1 aromatic rings. The third kappa shape index (κ3) is 8.20. The van der Waals surface area contributed by atoms with Crippen LogP contribution in [0, 0.1) is 11.8 Å². The molecule has 1 heterocycles. The Morgan fingerprint density at radius 3 is 2.32 bits per heavy atom. The number of amides is 5. The molecule has 0 radical (unpaired) electrons. The summed E-state index contributed by atoms with van der Waals surface area (Å²) in [6.07, 6.45) is 2.25. The van der Waals surface area contributed by atoms with Gasteiger partial charge in [-0.2, -0.15) is 0 Å². The van der Waals surface area contributed by atoms with Crippen molar-refractivity contribution in [3.63, 3.8) is 0 Å². The minimum absolute atomic E-state index is 0.0218. The summed E-state index contributed by atoms with van der Waals surface area (Å²) in [5.41, 5.74) is 1.28. The predicted molar refractivity (Wildman–Crippen MR) is 126 cm³/mol. The Morgan fingerprint density at radius 2 is 1.76 bits per heavy atom. The molecule has 1 aromatic carbocycles. The monoisotopic (exact) mass is 471 g/mol. The molecular formula is C25H33N3O6. The van der Waals surface area contributed by atoms with Gasteiger partial charge >= 0.3 is 6.03 Å². The van der Waals surface area contributed by atoms with E-state index in [1.54, 1.807) is 38.1 Å². The lowest BCUT2D eigenvalue weighted by Gasteiger charge is -2.17. The maximum absolute atomic E-state index is 12.7. The molecule has 0 spiro atoms. The summed E-state index contributed by atoms with van der Waals surface area (Å²) in [5.74, 6) is -1.93. The summed E-state index contributed by atoms with van der Waals surface area (Å²) >= 11 is 0. The van der Waals surface area contributed by atoms with Gasteiger partial charge in [-0.15, -0.1) is 0 Å². The van der Waals surface area contributed by atoms with E-state index < -0.39 is 17.9 Å². The van der Waals surface area contributed by atoms with Crippen LogP contribution in [0.3, 0.4) is 0 Å². The summed E-state index contributed by atoms with van der Waals surface area (Å²) in [6.45, 7) is 5.23. The maximum atomic E-state index is 12.7. The first-order valence-electron chi connectivity index (χ1n) is 11.7. The van der Waals surface area contributed by atoms with E-state index in [2.05, 4.69) is 10.6 Å². The van der Waals surface area contributed by atoms with Gasteiger partial charge in [-0.3, -0.25) is 34.2 Å². The first kappa shape index (κ1) is 26.9. The largest absolute Gasteiger partial charge is 0.325 e. The van der Waals surface area contributed by atoms with Crippen molar-refractivity contribution in [2.24, 2.45) is 11.8 Å². The summed E-state index contributed by atoms with van der Waals surface area (Å²) in [4.78, 5) is 73.3. The summed E-state index contributed by atoms with van der Waals surface area (Å²) < 4.78 is 0. The number of carbonyl (C=O) groups is 6. The van der Waals surface area contributed by atoms with E-state index in [-0.39, 0.29) is 55.1 Å². The molecule has 1 aliphatic heterocycles. The van der Waals surface area contributed by atoms with Crippen molar-refractivity contribution in [2.45, 2.75) is 65.7 Å². The van der Waals surface area contributed by atoms with Crippen LogP contribution in [0.4, 0.5) is 10.5 Å². The second-order valence-electron chi connectivity index (χ2n) is 8.80. The van der Waals surface area contributed by atoms with Crippen LogP contribution in [0.25, 0.3) is 0 Å². The van der Waals surface area contributed by atoms with Gasteiger partial charge in [0.1, 0.15) is 11.6 Å². The molecule has 2 rings (SSSR count). The Kier molecular flexibility index (Phi) is 10.1. The molecular weight excluding hydrogens is 438 g/mol. The molecule has 2 unspecified atom stereocenters. The van der Waals surface area contributed by atoms with E-state index in [4.69, 9.17) is 0 Å². The number of urea groups is 1. The zero-order valence-electron chi connectivity index (χ0n) is 20.0. The number of likely N-dealkylation sites (tertiary alicyclic amines) is 1. The molecule has 2 atom stereocenters. The third-order valence-electron chi connectivity index (χ3n) is 5.79. The first-order valence-corrected chi connectivity index (χ1v) is 11.7. The number of nitrogens with one attached hydrogen (secondary N) is 2. The highest BCUT2D eigenvalue weighted by atomic mass is 16.2. The second kappa shape index (κ2) is 12.8. The first-order chi connectivity index (χ1) is 16.1. The van der Waals surface area contributed by atoms with E-state index in [1.807, 2.05) is 0 Å². The molecule has 1 fully saturated rings. The van der Waals surface area contributed by atoms with Gasteiger partial charge in [0.05, 0.1) is 0 Å². The number of imide groups is 2. The lowest BCUT2D eigenvalue weighted by atomic mass is 9.94. The number of nitrogens with zero attached hydrogens (tertiary/aromatic N) is 1. The fourth-order valence-electron chi connectivity index (χ4n) is 3.86. The highest BCUT2D eigenvalue weighted by molar-refractivity contribution is 6.03. The lowest BCUT2D eigenvalue weighted by molar-refractivity contribution is -0.139. The Balaban J connectivity index is 1.87. The predicted octanol–water partition coefficient (Wildman–Crippen LogP) is 3.02. The van der Waals surface area contributed by atoms with Crippen molar-refractivity contribution < 1.29 is 28.8 Å². The Morgan fingerprint density at radius 1 is 1.09 bits per heavy atom. The topological polar surface area (TPSA) is 130 Å². The number of hydrogen-bond donors (Lipinski definition) is 2. The van der Waals surface area contributed by atoms with Gasteiger partial charge < -0.3 is 5.32 Å². The number of Topliss-reactive ketones (excluding diaryl/α,β-unsaturated/α-hetero) is 2. The van der Waals surface area contributed by atoms with E-state index in [0.717, 1.165) is 5.56 Å². The average molecular weight is 472 g/mol. The maximum Gasteiger partial charge on any atom is 0.325 e. The van der Waals surface area contributed by atoms with Crippen molar-refractivity contribution in [3.8, 4) is 0 Å². The Bertz CT molecular complexity index is 940. The Labute approximate surface area is 199 Å². The number of anilines is 1. The van der Waals surface area contributed by atoms with Crippen LogP contribution in [0.2, 0.25) is 0 Å². The van der Waals surface area contributed by atoms with E-state index in [1.165, 1.54) is 11.8 Å². The van der Waals surface area contributed by atoms with Crippen LogP contribution in [-0.4, -0.2) is 46.8 Å². The van der Waals surface area contributed by atoms with Gasteiger partial charge in [-0.1, -0.05) is 32.4 Å². The third-order valence-corrected chi connectivity index (χ3v) is 5.79. The standard InChI is InChI=1S/C25H33N3O6/c1-4-21(30)15-19(7-5-6-12-28-22(31)13-16(2)24(28)33)23(32)27-25(34)26-20-10-8-18(9-11-20)14-17(3)29/h8-11,16,19H,4-7,12-15H2,1-3H3,(H2,26,27,32,34). The van der Waals surface area contributed by atoms with Gasteiger partial charge in [-0.05, 0) is 37.5 Å². The number of unbranched alkanes of at least 4 members (excludes halogenated alkanes) is 1. The van der Waals surface area contributed by atoms with Gasteiger partial charge in [0.15, 0.2) is 0 Å². The van der Waals surface area contributed by atoms with Crippen LogP contribution < -0.4 is 10.6 Å². The molecule has 9 heteroatoms. The average Bonchev–Trinajstić information content (AvgIpc) is 3.02. The summed E-state index contributed by atoms with van der Waals surface area (Å²) in [5, 5.41) is 4.86. The molecule has 184 valence electrons. The minimum Gasteiger partial charge on any atom is -0.308 e. The fourth-order valence-corrected chi connectivity index (χ4v) is 3.86. The number of carbonyl (C=O) groups excluding carboxylic acids is 6. The molecule has 0 saturated carbocycles. The van der Waals surface area contributed by atoms with Crippen LogP contribution >= 0.6 is 0 Å². The fraction of sp³-hybridized carbons (Fsp3) is 0.520. The van der Waals surface area contributed by atoms with E-state index in [0.29, 0.717) is 31.4 Å². The van der Waals surface area contributed by atoms with Gasteiger partial charge in [0.2, 0.25) is 17.7 Å². The molecule has 2 N–H and O–H groups in total. The van der Waals surface area contributed by atoms with Crippen molar-refractivity contribution >= 4 is 41.0 Å². The minimum atomic E-state index is -0.708. The molecule has 5 amide bonds. The molecule has 0 aliphatic carbocycles. The van der Waals surface area contributed by atoms with Crippen molar-refractivity contribution in [1.82, 2.24) is 10.2 Å². The van der Waals surface area contributed by atoms with Crippen LogP contribution in [0.15, 0.2) is 24.3 Å². The number of ketones is 2. The SMILES string of the molecule is CCC(=O)CC(CCCCN1C(=O)CC(C)C1=O)C(=O)NC(=O)Nc1ccc(CC(C)=O)cc1. The highest BCUT2D eigenvalue weighted by Gasteiger charge is 2.35. The molecule has 1 aliphatic rings. The van der Waals surface area contributed by atoms with Crippen LogP contribution in [0.5, 0.6) is 0 Å². The van der Waals surface area contributed by atoms with Gasteiger partial charge in [-0.25, -0.2) is 4.79 Å². The smallest absolute Gasteiger partial charge is 0.308 e. The summed E-state index contributed by atoms with van der Waals surface area (Å²) in [6, 6.07) is 6.02. The van der Waals surface area contributed by atoms with Gasteiger partial charge in [0.25, 0.3) is 0 Å². The van der Waals surface area contributed by atoms with Crippen molar-refractivity contribution in [3.05, 3.63) is 29.8 Å². The second-order valence-corrected chi connectivity index (χ2v) is 8.80. The zero-order chi connectivity index (χ0) is 25.3. The van der Waals surface area contributed by atoms with Crippen molar-refractivity contribution in [1.29, 1.82) is 0 Å². The normalized spacial score (nSPS) is 16.3. The number of hydrogen-bond acceptors (Lipinski definition) is 6. The highest BCUT2D eigenvalue weighted by Crippen LogP contribution is 2.21. The van der Waals surface area contributed by atoms with Crippen molar-refractivity contribution in [2.75, 3.05) is 11.9 Å². The molecule has 0 bridgehead atoms. The van der Waals surface area contributed by atoms with Gasteiger partial charge in [0, 0.05) is 49.8 Å². The lowest BCUT2D eigenvalue weighted by Crippen LogP contribution is -2.39. The van der Waals surface area contributed by atoms with Crippen LogP contribution in [-0.2, 0) is 30.4 Å².